The molecule has 2 aromatic carbocycles. The van der Waals surface area contributed by atoms with Crippen LogP contribution in [0.4, 0.5) is 0 Å². The highest BCUT2D eigenvalue weighted by Crippen LogP contribution is 2.20. The normalized spacial score (nSPS) is 10.3. The van der Waals surface area contributed by atoms with Gasteiger partial charge in [-0.3, -0.25) is 9.59 Å². The van der Waals surface area contributed by atoms with E-state index in [9.17, 15) is 14.4 Å². The highest BCUT2D eigenvalue weighted by atomic mass is 16.4. The van der Waals surface area contributed by atoms with Gasteiger partial charge in [0.1, 0.15) is 0 Å². The SMILES string of the molecule is Cc1cc(C)c(C(=O)CC(=O)C(=O)O)cc1Cc1ccccc1. The number of benzene rings is 2. The monoisotopic (exact) mass is 310 g/mol. The van der Waals surface area contributed by atoms with Crippen molar-refractivity contribution in [2.24, 2.45) is 0 Å². The molecule has 0 spiro atoms. The van der Waals surface area contributed by atoms with Gasteiger partial charge in [0.2, 0.25) is 5.78 Å². The minimum absolute atomic E-state index is 0.413. The van der Waals surface area contributed by atoms with Crippen molar-refractivity contribution in [3.8, 4) is 0 Å². The van der Waals surface area contributed by atoms with Gasteiger partial charge in [-0.05, 0) is 48.6 Å². The van der Waals surface area contributed by atoms with E-state index in [1.807, 2.05) is 43.3 Å². The standard InChI is InChI=1S/C19H18O4/c1-12-8-13(2)16(17(20)11-18(21)19(22)23)10-15(12)9-14-6-4-3-5-7-14/h3-8,10H,9,11H2,1-2H3,(H,22,23). The maximum absolute atomic E-state index is 12.2. The summed E-state index contributed by atoms with van der Waals surface area (Å²) in [5, 5.41) is 8.64. The van der Waals surface area contributed by atoms with Gasteiger partial charge in [0, 0.05) is 5.56 Å². The van der Waals surface area contributed by atoms with Crippen LogP contribution in [0.25, 0.3) is 0 Å². The van der Waals surface area contributed by atoms with E-state index in [1.165, 1.54) is 0 Å². The Morgan fingerprint density at radius 2 is 1.61 bits per heavy atom. The number of carboxylic acids is 1. The second-order valence-corrected chi connectivity index (χ2v) is 5.58. The highest BCUT2D eigenvalue weighted by molar-refractivity contribution is 6.37. The van der Waals surface area contributed by atoms with Crippen molar-refractivity contribution >= 4 is 17.5 Å². The Kier molecular flexibility index (Phi) is 5.06. The van der Waals surface area contributed by atoms with E-state index in [1.54, 1.807) is 13.0 Å². The second kappa shape index (κ2) is 7.01. The fourth-order valence-corrected chi connectivity index (χ4v) is 2.52. The number of hydrogen-bond donors (Lipinski definition) is 1. The fourth-order valence-electron chi connectivity index (χ4n) is 2.52. The van der Waals surface area contributed by atoms with Crippen LogP contribution < -0.4 is 0 Å². The Hall–Kier alpha value is -2.75. The molecule has 0 saturated carbocycles. The molecule has 0 heterocycles. The second-order valence-electron chi connectivity index (χ2n) is 5.58. The van der Waals surface area contributed by atoms with Crippen LogP contribution >= 0.6 is 0 Å². The predicted octanol–water partition coefficient (Wildman–Crippen LogP) is 3.12. The van der Waals surface area contributed by atoms with Crippen LogP contribution in [0.3, 0.4) is 0 Å². The van der Waals surface area contributed by atoms with Gasteiger partial charge in [-0.1, -0.05) is 36.4 Å². The fraction of sp³-hybridized carbons (Fsp3) is 0.211. The van der Waals surface area contributed by atoms with Crippen molar-refractivity contribution in [1.29, 1.82) is 0 Å². The van der Waals surface area contributed by atoms with Crippen molar-refractivity contribution in [3.05, 3.63) is 70.3 Å². The molecule has 118 valence electrons. The molecule has 1 N–H and O–H groups in total. The van der Waals surface area contributed by atoms with Crippen molar-refractivity contribution < 1.29 is 19.5 Å². The van der Waals surface area contributed by atoms with Crippen LogP contribution in [0, 0.1) is 13.8 Å². The predicted molar refractivity (Wildman–Crippen MR) is 86.8 cm³/mol. The molecule has 0 atom stereocenters. The smallest absolute Gasteiger partial charge is 0.372 e. The van der Waals surface area contributed by atoms with Crippen LogP contribution in [-0.2, 0) is 16.0 Å². The summed E-state index contributed by atoms with van der Waals surface area (Å²) in [6.07, 6.45) is 0.0735. The van der Waals surface area contributed by atoms with E-state index in [2.05, 4.69) is 0 Å². The summed E-state index contributed by atoms with van der Waals surface area (Å²) in [5.41, 5.74) is 4.35. The number of Topliss-reactive ketones (excluding diaryl/α,β-unsaturated/α-hetero) is 2. The van der Waals surface area contributed by atoms with Crippen LogP contribution in [0.15, 0.2) is 42.5 Å². The molecule has 4 heteroatoms. The Balaban J connectivity index is 2.30. The zero-order chi connectivity index (χ0) is 17.0. The first kappa shape index (κ1) is 16.6. The number of hydrogen-bond acceptors (Lipinski definition) is 3. The number of carbonyl (C=O) groups excluding carboxylic acids is 2. The third kappa shape index (κ3) is 4.13. The lowest BCUT2D eigenvalue weighted by atomic mass is 9.92. The Labute approximate surface area is 134 Å². The van der Waals surface area contributed by atoms with Gasteiger partial charge in [-0.25, -0.2) is 4.79 Å². The van der Waals surface area contributed by atoms with E-state index in [0.29, 0.717) is 12.0 Å². The summed E-state index contributed by atoms with van der Waals surface area (Å²) in [5.74, 6) is -3.11. The topological polar surface area (TPSA) is 71.4 Å². The largest absolute Gasteiger partial charge is 0.475 e. The number of aryl methyl sites for hydroxylation is 2. The van der Waals surface area contributed by atoms with E-state index >= 15 is 0 Å². The molecule has 0 bridgehead atoms. The molecule has 23 heavy (non-hydrogen) atoms. The molecular weight excluding hydrogens is 292 g/mol. The molecule has 0 unspecified atom stereocenters. The number of ketones is 2. The zero-order valence-corrected chi connectivity index (χ0v) is 13.1. The number of aliphatic carboxylic acids is 1. The third-order valence-corrected chi connectivity index (χ3v) is 3.78. The summed E-state index contributed by atoms with van der Waals surface area (Å²) in [6, 6.07) is 13.5. The molecular formula is C19H18O4. The molecule has 0 saturated heterocycles. The summed E-state index contributed by atoms with van der Waals surface area (Å²) in [7, 11) is 0. The molecule has 0 aliphatic carbocycles. The van der Waals surface area contributed by atoms with Gasteiger partial charge in [0.15, 0.2) is 5.78 Å². The van der Waals surface area contributed by atoms with Crippen molar-refractivity contribution in [3.63, 3.8) is 0 Å². The van der Waals surface area contributed by atoms with E-state index < -0.39 is 24.0 Å². The number of carbonyl (C=O) groups is 3. The molecule has 0 aromatic heterocycles. The van der Waals surface area contributed by atoms with Crippen LogP contribution in [-0.4, -0.2) is 22.6 Å². The van der Waals surface area contributed by atoms with Gasteiger partial charge in [0.05, 0.1) is 6.42 Å². The first-order chi connectivity index (χ1) is 10.9. The first-order valence-electron chi connectivity index (χ1n) is 7.32. The Morgan fingerprint density at radius 3 is 2.22 bits per heavy atom. The first-order valence-corrected chi connectivity index (χ1v) is 7.32. The molecule has 2 aromatic rings. The average molecular weight is 310 g/mol. The van der Waals surface area contributed by atoms with Gasteiger partial charge in [-0.2, -0.15) is 0 Å². The molecule has 0 radical (unpaired) electrons. The summed E-state index contributed by atoms with van der Waals surface area (Å²) in [6.45, 7) is 3.76. The van der Waals surface area contributed by atoms with Gasteiger partial charge >= 0.3 is 5.97 Å². The number of carboxylic acid groups (broad SMARTS) is 1. The molecule has 0 aliphatic heterocycles. The summed E-state index contributed by atoms with van der Waals surface area (Å²) < 4.78 is 0. The Bertz CT molecular complexity index is 760. The molecule has 0 fully saturated rings. The van der Waals surface area contributed by atoms with E-state index in [-0.39, 0.29) is 0 Å². The maximum atomic E-state index is 12.2. The highest BCUT2D eigenvalue weighted by Gasteiger charge is 2.20. The minimum Gasteiger partial charge on any atom is -0.475 e. The van der Waals surface area contributed by atoms with Crippen molar-refractivity contribution in [1.82, 2.24) is 0 Å². The average Bonchev–Trinajstić information content (AvgIpc) is 2.50. The third-order valence-electron chi connectivity index (χ3n) is 3.78. The molecule has 0 aliphatic rings. The van der Waals surface area contributed by atoms with E-state index in [0.717, 1.165) is 22.3 Å². The van der Waals surface area contributed by atoms with Crippen molar-refractivity contribution in [2.75, 3.05) is 0 Å². The van der Waals surface area contributed by atoms with Crippen LogP contribution in [0.5, 0.6) is 0 Å². The lowest BCUT2D eigenvalue weighted by molar-refractivity contribution is -0.148. The van der Waals surface area contributed by atoms with Gasteiger partial charge in [0.25, 0.3) is 0 Å². The summed E-state index contributed by atoms with van der Waals surface area (Å²) >= 11 is 0. The van der Waals surface area contributed by atoms with Crippen molar-refractivity contribution in [2.45, 2.75) is 26.7 Å². The maximum Gasteiger partial charge on any atom is 0.372 e. The lowest BCUT2D eigenvalue weighted by Gasteiger charge is -2.11. The molecule has 0 amide bonds. The zero-order valence-electron chi connectivity index (χ0n) is 13.1. The van der Waals surface area contributed by atoms with Gasteiger partial charge in [-0.15, -0.1) is 0 Å². The summed E-state index contributed by atoms with van der Waals surface area (Å²) in [4.78, 5) is 34.1. The lowest BCUT2D eigenvalue weighted by Crippen LogP contribution is -2.18. The molecule has 4 nitrogen and oxygen atoms in total. The van der Waals surface area contributed by atoms with Crippen LogP contribution in [0.1, 0.15) is 39.0 Å². The minimum atomic E-state index is -1.58. The Morgan fingerprint density at radius 1 is 0.957 bits per heavy atom. The molecule has 2 rings (SSSR count). The van der Waals surface area contributed by atoms with Crippen LogP contribution in [0.2, 0.25) is 0 Å². The number of rotatable bonds is 6. The quantitative estimate of drug-likeness (QED) is 0.505. The van der Waals surface area contributed by atoms with E-state index in [4.69, 9.17) is 5.11 Å². The van der Waals surface area contributed by atoms with Gasteiger partial charge < -0.3 is 5.11 Å².